The van der Waals surface area contributed by atoms with Crippen molar-refractivity contribution in [1.29, 1.82) is 0 Å². The molecule has 1 aliphatic heterocycles. The molecule has 116 valence electrons. The van der Waals surface area contributed by atoms with Gasteiger partial charge in [0.1, 0.15) is 5.75 Å². The van der Waals surface area contributed by atoms with Gasteiger partial charge in [0.05, 0.1) is 11.1 Å². The normalized spacial score (nSPS) is 20.3. The van der Waals surface area contributed by atoms with E-state index in [1.54, 1.807) is 0 Å². The van der Waals surface area contributed by atoms with Crippen molar-refractivity contribution in [2.75, 3.05) is 19.7 Å². The van der Waals surface area contributed by atoms with E-state index in [1.165, 1.54) is 43.2 Å². The van der Waals surface area contributed by atoms with Crippen LogP contribution in [0.2, 0.25) is 0 Å². The van der Waals surface area contributed by atoms with E-state index in [9.17, 15) is 0 Å². The lowest BCUT2D eigenvalue weighted by Crippen LogP contribution is -2.28. The molecule has 1 saturated heterocycles. The second-order valence-corrected chi connectivity index (χ2v) is 7.59. The molecular formula is C18H26BrNO. The highest BCUT2D eigenvalue weighted by Crippen LogP contribution is 2.35. The summed E-state index contributed by atoms with van der Waals surface area (Å²) in [6.45, 7) is 5.39. The Morgan fingerprint density at radius 2 is 1.90 bits per heavy atom. The van der Waals surface area contributed by atoms with Crippen LogP contribution in [-0.2, 0) is 6.42 Å². The lowest BCUT2D eigenvalue weighted by molar-refractivity contribution is 0.178. The van der Waals surface area contributed by atoms with Crippen LogP contribution in [0.25, 0.3) is 0 Å². The van der Waals surface area contributed by atoms with Crippen LogP contribution in [0.15, 0.2) is 16.6 Å². The van der Waals surface area contributed by atoms with Crippen LogP contribution in [-0.4, -0.2) is 19.7 Å². The molecule has 1 heterocycles. The van der Waals surface area contributed by atoms with Gasteiger partial charge in [0.15, 0.2) is 0 Å². The van der Waals surface area contributed by atoms with Crippen LogP contribution in [0.1, 0.15) is 43.2 Å². The number of hydrogen-bond donors (Lipinski definition) is 1. The Bertz CT molecular complexity index is 478. The summed E-state index contributed by atoms with van der Waals surface area (Å²) in [6.07, 6.45) is 7.79. The third-order valence-corrected chi connectivity index (χ3v) is 5.51. The molecule has 1 aromatic carbocycles. The van der Waals surface area contributed by atoms with E-state index in [0.29, 0.717) is 0 Å². The number of rotatable bonds is 5. The van der Waals surface area contributed by atoms with Gasteiger partial charge in [0, 0.05) is 0 Å². The van der Waals surface area contributed by atoms with Gasteiger partial charge in [-0.3, -0.25) is 0 Å². The highest BCUT2D eigenvalue weighted by molar-refractivity contribution is 9.10. The van der Waals surface area contributed by atoms with Crippen molar-refractivity contribution in [1.82, 2.24) is 5.32 Å². The zero-order valence-corrected chi connectivity index (χ0v) is 14.5. The summed E-state index contributed by atoms with van der Waals surface area (Å²) in [4.78, 5) is 0. The molecule has 2 fully saturated rings. The largest absolute Gasteiger partial charge is 0.492 e. The maximum atomic E-state index is 6.21. The van der Waals surface area contributed by atoms with Gasteiger partial charge in [-0.25, -0.2) is 0 Å². The zero-order chi connectivity index (χ0) is 14.7. The second-order valence-electron chi connectivity index (χ2n) is 6.74. The molecule has 21 heavy (non-hydrogen) atoms. The van der Waals surface area contributed by atoms with E-state index in [1.807, 2.05) is 0 Å². The molecule has 0 radical (unpaired) electrons. The SMILES string of the molecule is Cc1cc(Br)c(OCC2CCC2)c(CC2CCNCC2)c1. The lowest BCUT2D eigenvalue weighted by Gasteiger charge is -2.27. The van der Waals surface area contributed by atoms with Crippen LogP contribution < -0.4 is 10.1 Å². The molecular weight excluding hydrogens is 326 g/mol. The fourth-order valence-electron chi connectivity index (χ4n) is 3.37. The van der Waals surface area contributed by atoms with Crippen molar-refractivity contribution in [2.45, 2.75) is 45.4 Å². The van der Waals surface area contributed by atoms with Gasteiger partial charge in [-0.1, -0.05) is 12.5 Å². The first kappa shape index (κ1) is 15.4. The molecule has 2 nitrogen and oxygen atoms in total. The van der Waals surface area contributed by atoms with Crippen molar-refractivity contribution in [3.63, 3.8) is 0 Å². The summed E-state index contributed by atoms with van der Waals surface area (Å²) in [7, 11) is 0. The molecule has 3 heteroatoms. The minimum absolute atomic E-state index is 0.782. The quantitative estimate of drug-likeness (QED) is 0.844. The predicted octanol–water partition coefficient (Wildman–Crippen LogP) is 4.48. The van der Waals surface area contributed by atoms with E-state index in [4.69, 9.17) is 4.74 Å². The molecule has 2 aliphatic rings. The molecule has 0 spiro atoms. The molecule has 1 aromatic rings. The third-order valence-electron chi connectivity index (χ3n) is 4.92. The summed E-state index contributed by atoms with van der Waals surface area (Å²) in [6, 6.07) is 4.50. The molecule has 1 N–H and O–H groups in total. The van der Waals surface area contributed by atoms with Gasteiger partial charge in [0.2, 0.25) is 0 Å². The summed E-state index contributed by atoms with van der Waals surface area (Å²) < 4.78 is 7.34. The topological polar surface area (TPSA) is 21.3 Å². The van der Waals surface area contributed by atoms with E-state index in [2.05, 4.69) is 40.3 Å². The Labute approximate surface area is 136 Å². The Morgan fingerprint density at radius 1 is 1.14 bits per heavy atom. The number of piperidine rings is 1. The monoisotopic (exact) mass is 351 g/mol. The number of nitrogens with one attached hydrogen (secondary N) is 1. The first-order valence-corrected chi connectivity index (χ1v) is 9.14. The number of benzene rings is 1. The van der Waals surface area contributed by atoms with Gasteiger partial charge in [-0.05, 0) is 97.1 Å². The van der Waals surface area contributed by atoms with Gasteiger partial charge >= 0.3 is 0 Å². The van der Waals surface area contributed by atoms with Crippen LogP contribution in [0.5, 0.6) is 5.75 Å². The Hall–Kier alpha value is -0.540. The van der Waals surface area contributed by atoms with Crippen LogP contribution in [0.3, 0.4) is 0 Å². The Balaban J connectivity index is 1.72. The minimum atomic E-state index is 0.782. The maximum absolute atomic E-state index is 6.21. The van der Waals surface area contributed by atoms with E-state index >= 15 is 0 Å². The highest BCUT2D eigenvalue weighted by Gasteiger charge is 2.21. The summed E-state index contributed by atoms with van der Waals surface area (Å²) in [5, 5.41) is 3.45. The Kier molecular flexibility index (Phi) is 5.23. The van der Waals surface area contributed by atoms with Crippen molar-refractivity contribution in [3.05, 3.63) is 27.7 Å². The predicted molar refractivity (Wildman–Crippen MR) is 91.0 cm³/mol. The molecule has 0 bridgehead atoms. The van der Waals surface area contributed by atoms with Gasteiger partial charge in [-0.2, -0.15) is 0 Å². The van der Waals surface area contributed by atoms with Crippen molar-refractivity contribution < 1.29 is 4.74 Å². The Morgan fingerprint density at radius 3 is 2.57 bits per heavy atom. The van der Waals surface area contributed by atoms with Crippen LogP contribution in [0, 0.1) is 18.8 Å². The average molecular weight is 352 g/mol. The fraction of sp³-hybridized carbons (Fsp3) is 0.667. The molecule has 0 aromatic heterocycles. The van der Waals surface area contributed by atoms with E-state index < -0.39 is 0 Å². The van der Waals surface area contributed by atoms with Gasteiger partial charge in [-0.15, -0.1) is 0 Å². The van der Waals surface area contributed by atoms with Gasteiger partial charge < -0.3 is 10.1 Å². The minimum Gasteiger partial charge on any atom is -0.492 e. The van der Waals surface area contributed by atoms with Crippen molar-refractivity contribution in [2.24, 2.45) is 11.8 Å². The summed E-state index contributed by atoms with van der Waals surface area (Å²) in [5.41, 5.74) is 2.72. The number of aryl methyl sites for hydroxylation is 1. The van der Waals surface area contributed by atoms with Crippen LogP contribution >= 0.6 is 15.9 Å². The molecule has 0 atom stereocenters. The standard InChI is InChI=1S/C18H26BrNO/c1-13-9-16(11-14-5-7-20-8-6-14)18(17(19)10-13)21-12-15-3-2-4-15/h9-10,14-15,20H,2-8,11-12H2,1H3. The van der Waals surface area contributed by atoms with Gasteiger partial charge in [0.25, 0.3) is 0 Å². The molecule has 1 aliphatic carbocycles. The summed E-state index contributed by atoms with van der Waals surface area (Å²) in [5.74, 6) is 2.68. The second kappa shape index (κ2) is 7.15. The highest BCUT2D eigenvalue weighted by atomic mass is 79.9. The van der Waals surface area contributed by atoms with Crippen LogP contribution in [0.4, 0.5) is 0 Å². The zero-order valence-electron chi connectivity index (χ0n) is 13.0. The maximum Gasteiger partial charge on any atom is 0.136 e. The van der Waals surface area contributed by atoms with Crippen molar-refractivity contribution in [3.8, 4) is 5.75 Å². The molecule has 0 amide bonds. The van der Waals surface area contributed by atoms with E-state index in [0.717, 1.165) is 48.2 Å². The smallest absolute Gasteiger partial charge is 0.136 e. The summed E-state index contributed by atoms with van der Waals surface area (Å²) >= 11 is 3.72. The lowest BCUT2D eigenvalue weighted by atomic mass is 9.86. The van der Waals surface area contributed by atoms with Crippen molar-refractivity contribution >= 4 is 15.9 Å². The first-order valence-electron chi connectivity index (χ1n) is 8.35. The number of ether oxygens (including phenoxy) is 1. The molecule has 3 rings (SSSR count). The molecule has 1 saturated carbocycles. The fourth-order valence-corrected chi connectivity index (χ4v) is 4.10. The first-order chi connectivity index (χ1) is 10.2. The number of hydrogen-bond acceptors (Lipinski definition) is 2. The third kappa shape index (κ3) is 4.01. The van der Waals surface area contributed by atoms with E-state index in [-0.39, 0.29) is 0 Å². The average Bonchev–Trinajstić information content (AvgIpc) is 2.41. The number of halogens is 1. The molecule has 0 unspecified atom stereocenters.